The van der Waals surface area contributed by atoms with Crippen LogP contribution in [0.3, 0.4) is 0 Å². The summed E-state index contributed by atoms with van der Waals surface area (Å²) in [4.78, 5) is 22.6. The highest BCUT2D eigenvalue weighted by Crippen LogP contribution is 2.24. The highest BCUT2D eigenvalue weighted by Gasteiger charge is 2.18. The number of rotatable bonds is 7. The predicted molar refractivity (Wildman–Crippen MR) is 88.9 cm³/mol. The molecule has 128 valence electrons. The van der Waals surface area contributed by atoms with Crippen LogP contribution < -0.4 is 5.32 Å². The Morgan fingerprint density at radius 3 is 2.88 bits per heavy atom. The SMILES string of the molecule is CC[C@H](C)Sc1nnc(CNC(=O)c2cccc([N+](=O)[O-])c2C)o1. The number of carbonyl (C=O) groups is 1. The van der Waals surface area contributed by atoms with E-state index in [4.69, 9.17) is 4.42 Å². The number of thioether (sulfide) groups is 1. The minimum absolute atomic E-state index is 0.0645. The van der Waals surface area contributed by atoms with Gasteiger partial charge in [-0.05, 0) is 19.4 Å². The standard InChI is InChI=1S/C15H18N4O4S/c1-4-9(2)24-15-18-17-13(23-15)8-16-14(20)11-6-5-7-12(10(11)3)19(21)22/h5-7,9H,4,8H2,1-3H3,(H,16,20)/t9-/m0/s1. The normalized spacial score (nSPS) is 12.0. The summed E-state index contributed by atoms with van der Waals surface area (Å²) in [6.07, 6.45) is 0.977. The van der Waals surface area contributed by atoms with Crippen molar-refractivity contribution < 1.29 is 14.1 Å². The Kier molecular flexibility index (Phi) is 5.91. The maximum absolute atomic E-state index is 12.2. The van der Waals surface area contributed by atoms with E-state index in [-0.39, 0.29) is 23.7 Å². The number of nitrogens with one attached hydrogen (secondary N) is 1. The molecule has 1 N–H and O–H groups in total. The van der Waals surface area contributed by atoms with E-state index in [1.807, 2.05) is 0 Å². The van der Waals surface area contributed by atoms with E-state index in [1.54, 1.807) is 6.92 Å². The first-order valence-corrected chi connectivity index (χ1v) is 8.31. The maximum Gasteiger partial charge on any atom is 0.276 e. The predicted octanol–water partition coefficient (Wildman–Crippen LogP) is 3.11. The minimum atomic E-state index is -0.511. The van der Waals surface area contributed by atoms with Crippen LogP contribution in [0.4, 0.5) is 5.69 Å². The molecule has 0 aliphatic carbocycles. The highest BCUT2D eigenvalue weighted by atomic mass is 32.2. The van der Waals surface area contributed by atoms with Gasteiger partial charge in [-0.25, -0.2) is 0 Å². The van der Waals surface area contributed by atoms with Crippen molar-refractivity contribution in [3.05, 3.63) is 45.3 Å². The van der Waals surface area contributed by atoms with Crippen LogP contribution in [0.2, 0.25) is 0 Å². The van der Waals surface area contributed by atoms with E-state index in [0.717, 1.165) is 6.42 Å². The fourth-order valence-corrected chi connectivity index (χ4v) is 2.67. The quantitative estimate of drug-likeness (QED) is 0.464. The van der Waals surface area contributed by atoms with E-state index in [9.17, 15) is 14.9 Å². The number of carbonyl (C=O) groups excluding carboxylic acids is 1. The number of hydrogen-bond acceptors (Lipinski definition) is 7. The van der Waals surface area contributed by atoms with Crippen molar-refractivity contribution in [1.29, 1.82) is 0 Å². The van der Waals surface area contributed by atoms with Crippen molar-refractivity contribution in [3.8, 4) is 0 Å². The average molecular weight is 350 g/mol. The smallest absolute Gasteiger partial charge is 0.276 e. The molecule has 8 nitrogen and oxygen atoms in total. The molecule has 0 radical (unpaired) electrons. The second-order valence-electron chi connectivity index (χ2n) is 5.19. The van der Waals surface area contributed by atoms with Gasteiger partial charge in [0, 0.05) is 22.4 Å². The molecule has 0 aliphatic rings. The number of benzene rings is 1. The lowest BCUT2D eigenvalue weighted by Crippen LogP contribution is -2.24. The van der Waals surface area contributed by atoms with E-state index < -0.39 is 10.8 Å². The summed E-state index contributed by atoms with van der Waals surface area (Å²) in [5.41, 5.74) is 0.476. The van der Waals surface area contributed by atoms with E-state index in [2.05, 4.69) is 29.4 Å². The Hall–Kier alpha value is -2.42. The molecule has 1 aromatic heterocycles. The number of hydrogen-bond donors (Lipinski definition) is 1. The first-order chi connectivity index (χ1) is 11.4. The van der Waals surface area contributed by atoms with Crippen LogP contribution in [-0.2, 0) is 6.54 Å². The summed E-state index contributed by atoms with van der Waals surface area (Å²) >= 11 is 1.47. The monoisotopic (exact) mass is 350 g/mol. The van der Waals surface area contributed by atoms with Gasteiger partial charge >= 0.3 is 0 Å². The number of nitro groups is 1. The molecule has 1 atom stereocenters. The first kappa shape index (κ1) is 17.9. The van der Waals surface area contributed by atoms with Crippen LogP contribution in [-0.4, -0.2) is 26.3 Å². The van der Waals surface area contributed by atoms with Crippen LogP contribution in [0.5, 0.6) is 0 Å². The fraction of sp³-hybridized carbons (Fsp3) is 0.400. The fourth-order valence-electron chi connectivity index (χ4n) is 1.93. The molecule has 0 saturated heterocycles. The largest absolute Gasteiger partial charge is 0.414 e. The summed E-state index contributed by atoms with van der Waals surface area (Å²) in [6.45, 7) is 5.73. The van der Waals surface area contributed by atoms with E-state index in [1.165, 1.54) is 30.0 Å². The zero-order chi connectivity index (χ0) is 17.7. The molecule has 1 aromatic carbocycles. The molecule has 0 spiro atoms. The Bertz CT molecular complexity index is 747. The molecular formula is C15H18N4O4S. The van der Waals surface area contributed by atoms with Gasteiger partial charge in [0.25, 0.3) is 16.8 Å². The van der Waals surface area contributed by atoms with E-state index >= 15 is 0 Å². The van der Waals surface area contributed by atoms with Crippen LogP contribution in [0, 0.1) is 17.0 Å². The lowest BCUT2D eigenvalue weighted by molar-refractivity contribution is -0.385. The summed E-state index contributed by atoms with van der Waals surface area (Å²) in [7, 11) is 0. The second-order valence-corrected chi connectivity index (χ2v) is 6.58. The van der Waals surface area contributed by atoms with Gasteiger partial charge < -0.3 is 9.73 Å². The molecule has 2 rings (SSSR count). The third kappa shape index (κ3) is 4.31. The van der Waals surface area contributed by atoms with Gasteiger partial charge in [0.15, 0.2) is 0 Å². The molecule has 2 aromatic rings. The lowest BCUT2D eigenvalue weighted by atomic mass is 10.1. The zero-order valence-corrected chi connectivity index (χ0v) is 14.4. The van der Waals surface area contributed by atoms with Crippen molar-refractivity contribution >= 4 is 23.4 Å². The van der Waals surface area contributed by atoms with Crippen LogP contribution in [0.25, 0.3) is 0 Å². The first-order valence-electron chi connectivity index (χ1n) is 7.43. The van der Waals surface area contributed by atoms with Gasteiger partial charge in [0.2, 0.25) is 5.89 Å². The molecule has 0 unspecified atom stereocenters. The van der Waals surface area contributed by atoms with Crippen LogP contribution in [0.15, 0.2) is 27.8 Å². The van der Waals surface area contributed by atoms with Gasteiger partial charge in [-0.3, -0.25) is 14.9 Å². The molecule has 1 heterocycles. The summed E-state index contributed by atoms with van der Waals surface area (Å²) in [5.74, 6) is -0.136. The number of nitro benzene ring substituents is 1. The second kappa shape index (κ2) is 7.91. The molecule has 1 amide bonds. The van der Waals surface area contributed by atoms with E-state index in [0.29, 0.717) is 16.0 Å². The number of amides is 1. The maximum atomic E-state index is 12.2. The summed E-state index contributed by atoms with van der Waals surface area (Å²) in [5, 5.41) is 22.2. The summed E-state index contributed by atoms with van der Waals surface area (Å²) in [6, 6.07) is 4.38. The van der Waals surface area contributed by atoms with Crippen molar-refractivity contribution in [1.82, 2.24) is 15.5 Å². The third-order valence-electron chi connectivity index (χ3n) is 3.47. The molecule has 0 saturated carbocycles. The van der Waals surface area contributed by atoms with Crippen molar-refractivity contribution in [2.24, 2.45) is 0 Å². The van der Waals surface area contributed by atoms with Gasteiger partial charge in [0.05, 0.1) is 11.5 Å². The van der Waals surface area contributed by atoms with Crippen molar-refractivity contribution in [2.75, 3.05) is 0 Å². The Labute approximate surface area is 143 Å². The van der Waals surface area contributed by atoms with Gasteiger partial charge in [-0.15, -0.1) is 10.2 Å². The summed E-state index contributed by atoms with van der Waals surface area (Å²) < 4.78 is 5.45. The van der Waals surface area contributed by atoms with Gasteiger partial charge in [0.1, 0.15) is 0 Å². The Morgan fingerprint density at radius 1 is 1.46 bits per heavy atom. The van der Waals surface area contributed by atoms with Crippen molar-refractivity contribution in [3.63, 3.8) is 0 Å². The molecule has 24 heavy (non-hydrogen) atoms. The van der Waals surface area contributed by atoms with Crippen LogP contribution >= 0.6 is 11.8 Å². The van der Waals surface area contributed by atoms with Gasteiger partial charge in [-0.2, -0.15) is 0 Å². The topological polar surface area (TPSA) is 111 Å². The lowest BCUT2D eigenvalue weighted by Gasteiger charge is -2.06. The molecule has 0 fully saturated rings. The number of aromatic nitrogens is 2. The van der Waals surface area contributed by atoms with Gasteiger partial charge in [-0.1, -0.05) is 31.7 Å². The van der Waals surface area contributed by atoms with Crippen LogP contribution in [0.1, 0.15) is 42.1 Å². The molecule has 0 bridgehead atoms. The minimum Gasteiger partial charge on any atom is -0.414 e. The average Bonchev–Trinajstić information content (AvgIpc) is 2.99. The highest BCUT2D eigenvalue weighted by molar-refractivity contribution is 7.99. The van der Waals surface area contributed by atoms with Crippen molar-refractivity contribution in [2.45, 2.75) is 44.2 Å². The number of nitrogens with zero attached hydrogens (tertiary/aromatic N) is 3. The third-order valence-corrected chi connectivity index (χ3v) is 4.57. The molecule has 9 heteroatoms. The zero-order valence-electron chi connectivity index (χ0n) is 13.6. The Morgan fingerprint density at radius 2 is 2.21 bits per heavy atom. The molecular weight excluding hydrogens is 332 g/mol. The Balaban J connectivity index is 2.01. The molecule has 0 aliphatic heterocycles.